The summed E-state index contributed by atoms with van der Waals surface area (Å²) < 4.78 is 13.5. The first kappa shape index (κ1) is 11.6. The van der Waals surface area contributed by atoms with Crippen LogP contribution in [0.2, 0.25) is 5.02 Å². The standard InChI is InChI=1S/C11H10ClFN4/c1-6-15-9(14)5-10(16-6)17-11-7(12)3-2-4-8(11)13/h2-5H,1H3,(H3,14,15,16,17). The Balaban J connectivity index is 2.38. The summed E-state index contributed by atoms with van der Waals surface area (Å²) in [5, 5.41) is 3.06. The molecule has 0 fully saturated rings. The SMILES string of the molecule is Cc1nc(N)cc(Nc2c(F)cccc2Cl)n1. The smallest absolute Gasteiger partial charge is 0.148 e. The molecule has 2 rings (SSSR count). The normalized spacial score (nSPS) is 10.3. The number of nitrogen functional groups attached to an aromatic ring is 1. The zero-order valence-corrected chi connectivity index (χ0v) is 9.79. The highest BCUT2D eigenvalue weighted by atomic mass is 35.5. The van der Waals surface area contributed by atoms with Gasteiger partial charge in [0.2, 0.25) is 0 Å². The van der Waals surface area contributed by atoms with E-state index in [1.165, 1.54) is 18.2 Å². The fourth-order valence-corrected chi connectivity index (χ4v) is 1.61. The van der Waals surface area contributed by atoms with Gasteiger partial charge in [-0.15, -0.1) is 0 Å². The number of hydrogen-bond donors (Lipinski definition) is 2. The van der Waals surface area contributed by atoms with Crippen molar-refractivity contribution in [2.45, 2.75) is 6.92 Å². The molecule has 0 aliphatic rings. The third kappa shape index (κ3) is 2.62. The second kappa shape index (κ2) is 4.55. The minimum atomic E-state index is -0.452. The van der Waals surface area contributed by atoms with Gasteiger partial charge in [0.25, 0.3) is 0 Å². The average molecular weight is 253 g/mol. The van der Waals surface area contributed by atoms with Gasteiger partial charge < -0.3 is 11.1 Å². The Kier molecular flexibility index (Phi) is 3.10. The zero-order valence-electron chi connectivity index (χ0n) is 9.04. The number of nitrogens with zero attached hydrogens (tertiary/aromatic N) is 2. The van der Waals surface area contributed by atoms with E-state index in [0.717, 1.165) is 0 Å². The van der Waals surface area contributed by atoms with Gasteiger partial charge in [-0.1, -0.05) is 17.7 Å². The van der Waals surface area contributed by atoms with Gasteiger partial charge in [0, 0.05) is 6.07 Å². The predicted octanol–water partition coefficient (Wildman–Crippen LogP) is 2.90. The lowest BCUT2D eigenvalue weighted by molar-refractivity contribution is 0.632. The minimum absolute atomic E-state index is 0.173. The summed E-state index contributed by atoms with van der Waals surface area (Å²) in [4.78, 5) is 8.00. The highest BCUT2D eigenvalue weighted by molar-refractivity contribution is 6.33. The number of hydrogen-bond acceptors (Lipinski definition) is 4. The summed E-state index contributed by atoms with van der Waals surface area (Å²) in [5.41, 5.74) is 5.74. The molecule has 0 bridgehead atoms. The Labute approximate surface area is 103 Å². The number of anilines is 3. The molecular formula is C11H10ClFN4. The first-order chi connectivity index (χ1) is 8.06. The molecule has 0 radical (unpaired) electrons. The van der Waals surface area contributed by atoms with Crippen LogP contribution in [-0.2, 0) is 0 Å². The number of aromatic nitrogens is 2. The van der Waals surface area contributed by atoms with Gasteiger partial charge in [0.05, 0.1) is 10.7 Å². The first-order valence-electron chi connectivity index (χ1n) is 4.88. The fourth-order valence-electron chi connectivity index (χ4n) is 1.40. The maximum absolute atomic E-state index is 13.5. The van der Waals surface area contributed by atoms with E-state index in [0.29, 0.717) is 17.5 Å². The molecule has 6 heteroatoms. The summed E-state index contributed by atoms with van der Waals surface area (Å²) in [7, 11) is 0. The van der Waals surface area contributed by atoms with Crippen LogP contribution in [0.5, 0.6) is 0 Å². The van der Waals surface area contributed by atoms with Crippen LogP contribution in [0, 0.1) is 12.7 Å². The number of rotatable bonds is 2. The van der Waals surface area contributed by atoms with Gasteiger partial charge in [0.15, 0.2) is 0 Å². The molecule has 0 unspecified atom stereocenters. The maximum atomic E-state index is 13.5. The van der Waals surface area contributed by atoms with Crippen LogP contribution >= 0.6 is 11.6 Å². The second-order valence-corrected chi connectivity index (χ2v) is 3.85. The third-order valence-corrected chi connectivity index (χ3v) is 2.39. The molecule has 0 atom stereocenters. The van der Waals surface area contributed by atoms with Crippen LogP contribution in [0.3, 0.4) is 0 Å². The van der Waals surface area contributed by atoms with Gasteiger partial charge in [-0.05, 0) is 19.1 Å². The number of para-hydroxylation sites is 1. The highest BCUT2D eigenvalue weighted by Gasteiger charge is 2.08. The Morgan fingerprint density at radius 3 is 2.76 bits per heavy atom. The largest absolute Gasteiger partial charge is 0.384 e. The van der Waals surface area contributed by atoms with Crippen LogP contribution in [-0.4, -0.2) is 9.97 Å². The minimum Gasteiger partial charge on any atom is -0.384 e. The molecule has 17 heavy (non-hydrogen) atoms. The molecule has 4 nitrogen and oxygen atoms in total. The number of nitrogens with two attached hydrogens (primary N) is 1. The van der Waals surface area contributed by atoms with Crippen LogP contribution < -0.4 is 11.1 Å². The quantitative estimate of drug-likeness (QED) is 0.863. The van der Waals surface area contributed by atoms with Crippen LogP contribution in [0.1, 0.15) is 5.82 Å². The van der Waals surface area contributed by atoms with Crippen LogP contribution in [0.4, 0.5) is 21.7 Å². The monoisotopic (exact) mass is 252 g/mol. The van der Waals surface area contributed by atoms with Crippen molar-refractivity contribution in [3.8, 4) is 0 Å². The topological polar surface area (TPSA) is 63.8 Å². The van der Waals surface area contributed by atoms with Crippen molar-refractivity contribution in [3.63, 3.8) is 0 Å². The van der Waals surface area contributed by atoms with Crippen molar-refractivity contribution < 1.29 is 4.39 Å². The van der Waals surface area contributed by atoms with Crippen molar-refractivity contribution in [3.05, 3.63) is 40.9 Å². The van der Waals surface area contributed by atoms with Crippen molar-refractivity contribution >= 4 is 28.9 Å². The molecule has 0 aliphatic heterocycles. The lowest BCUT2D eigenvalue weighted by Crippen LogP contribution is -2.02. The molecule has 88 valence electrons. The van der Waals surface area contributed by atoms with Gasteiger partial charge in [-0.2, -0.15) is 0 Å². The van der Waals surface area contributed by atoms with E-state index in [1.54, 1.807) is 13.0 Å². The molecule has 3 N–H and O–H groups in total. The van der Waals surface area contributed by atoms with E-state index < -0.39 is 5.82 Å². The molecular weight excluding hydrogens is 243 g/mol. The van der Waals surface area contributed by atoms with E-state index in [4.69, 9.17) is 17.3 Å². The third-order valence-electron chi connectivity index (χ3n) is 2.07. The molecule has 0 saturated heterocycles. The Hall–Kier alpha value is -1.88. The van der Waals surface area contributed by atoms with Gasteiger partial charge >= 0.3 is 0 Å². The van der Waals surface area contributed by atoms with E-state index in [1.807, 2.05) is 0 Å². The highest BCUT2D eigenvalue weighted by Crippen LogP contribution is 2.27. The molecule has 1 aromatic carbocycles. The van der Waals surface area contributed by atoms with Crippen molar-refractivity contribution in [1.29, 1.82) is 0 Å². The van der Waals surface area contributed by atoms with Crippen molar-refractivity contribution in [2.24, 2.45) is 0 Å². The van der Waals surface area contributed by atoms with Gasteiger partial charge in [0.1, 0.15) is 23.3 Å². The van der Waals surface area contributed by atoms with E-state index in [2.05, 4.69) is 15.3 Å². The maximum Gasteiger partial charge on any atom is 0.148 e. The number of nitrogens with one attached hydrogen (secondary N) is 1. The Bertz CT molecular complexity index is 519. The molecule has 1 aromatic heterocycles. The van der Waals surface area contributed by atoms with Crippen molar-refractivity contribution in [2.75, 3.05) is 11.1 Å². The summed E-state index contributed by atoms with van der Waals surface area (Å²) in [5.74, 6) is 0.766. The Morgan fingerprint density at radius 2 is 2.12 bits per heavy atom. The zero-order chi connectivity index (χ0) is 12.4. The summed E-state index contributed by atoms with van der Waals surface area (Å²) in [6.07, 6.45) is 0. The fraction of sp³-hybridized carbons (Fsp3) is 0.0909. The average Bonchev–Trinajstić information content (AvgIpc) is 2.22. The summed E-state index contributed by atoms with van der Waals surface area (Å²) in [6.45, 7) is 1.70. The second-order valence-electron chi connectivity index (χ2n) is 3.45. The van der Waals surface area contributed by atoms with Gasteiger partial charge in [-0.3, -0.25) is 0 Å². The van der Waals surface area contributed by atoms with E-state index in [9.17, 15) is 4.39 Å². The van der Waals surface area contributed by atoms with E-state index in [-0.39, 0.29) is 10.7 Å². The number of aryl methyl sites for hydroxylation is 1. The lowest BCUT2D eigenvalue weighted by atomic mass is 10.3. The predicted molar refractivity (Wildman–Crippen MR) is 65.9 cm³/mol. The lowest BCUT2D eigenvalue weighted by Gasteiger charge is -2.09. The van der Waals surface area contributed by atoms with Crippen LogP contribution in [0.25, 0.3) is 0 Å². The van der Waals surface area contributed by atoms with Crippen molar-refractivity contribution in [1.82, 2.24) is 9.97 Å². The molecule has 0 amide bonds. The summed E-state index contributed by atoms with van der Waals surface area (Å²) >= 11 is 5.88. The first-order valence-corrected chi connectivity index (χ1v) is 5.26. The molecule has 0 saturated carbocycles. The molecule has 0 spiro atoms. The molecule has 1 heterocycles. The van der Waals surface area contributed by atoms with E-state index >= 15 is 0 Å². The molecule has 2 aromatic rings. The van der Waals surface area contributed by atoms with Gasteiger partial charge in [-0.25, -0.2) is 14.4 Å². The Morgan fingerprint density at radius 1 is 1.35 bits per heavy atom. The molecule has 0 aliphatic carbocycles. The summed E-state index contributed by atoms with van der Waals surface area (Å²) in [6, 6.07) is 5.94. The number of benzene rings is 1. The van der Waals surface area contributed by atoms with Crippen LogP contribution in [0.15, 0.2) is 24.3 Å². The number of halogens is 2.